The molecular weight excluding hydrogens is 414 g/mol. The second-order valence-electron chi connectivity index (χ2n) is 7.62. The predicted octanol–water partition coefficient (Wildman–Crippen LogP) is 5.38. The van der Waals surface area contributed by atoms with Crippen LogP contribution in [0.2, 0.25) is 0 Å². The van der Waals surface area contributed by atoms with Gasteiger partial charge in [0.05, 0.1) is 18.9 Å². The van der Waals surface area contributed by atoms with Crippen molar-refractivity contribution < 1.29 is 24.2 Å². The summed E-state index contributed by atoms with van der Waals surface area (Å²) >= 11 is 1.22. The normalized spacial score (nSPS) is 15.4. The van der Waals surface area contributed by atoms with E-state index < -0.39 is 5.97 Å². The molecule has 0 saturated carbocycles. The number of rotatable bonds is 6. The maximum atomic E-state index is 12.6. The standard InChI is InChI=1S/C24H23NO5S/c1-13(2)30-17-10-4-14(5-11-17)18-12-19(26)25-21-20(23(24(27)28)31-22(18)21)15-6-8-16(29-3)9-7-15/h4-11,13,18H,12H2,1-3H3,(H,25,26)(H,27,28)/t18-/m1/s1. The molecule has 1 amide bonds. The molecular formula is C24H23NO5S. The highest BCUT2D eigenvalue weighted by Gasteiger charge is 2.34. The number of amides is 1. The van der Waals surface area contributed by atoms with Crippen LogP contribution in [-0.2, 0) is 4.79 Å². The van der Waals surface area contributed by atoms with Gasteiger partial charge in [0.2, 0.25) is 5.91 Å². The van der Waals surface area contributed by atoms with Gasteiger partial charge < -0.3 is 19.9 Å². The maximum absolute atomic E-state index is 12.6. The molecule has 6 nitrogen and oxygen atoms in total. The first kappa shape index (κ1) is 20.9. The molecule has 31 heavy (non-hydrogen) atoms. The van der Waals surface area contributed by atoms with Crippen molar-refractivity contribution in [2.45, 2.75) is 32.3 Å². The maximum Gasteiger partial charge on any atom is 0.346 e. The summed E-state index contributed by atoms with van der Waals surface area (Å²) in [6.45, 7) is 3.93. The molecule has 0 bridgehead atoms. The van der Waals surface area contributed by atoms with Crippen LogP contribution in [0.25, 0.3) is 11.1 Å². The van der Waals surface area contributed by atoms with Gasteiger partial charge in [-0.15, -0.1) is 11.3 Å². The van der Waals surface area contributed by atoms with E-state index in [4.69, 9.17) is 9.47 Å². The summed E-state index contributed by atoms with van der Waals surface area (Å²) in [7, 11) is 1.58. The van der Waals surface area contributed by atoms with Crippen LogP contribution in [-0.4, -0.2) is 30.2 Å². The summed E-state index contributed by atoms with van der Waals surface area (Å²) in [5.74, 6) is 0.0706. The monoisotopic (exact) mass is 437 g/mol. The fourth-order valence-corrected chi connectivity index (χ4v) is 5.04. The van der Waals surface area contributed by atoms with Crippen molar-refractivity contribution in [2.24, 2.45) is 0 Å². The first-order chi connectivity index (χ1) is 14.9. The third kappa shape index (κ3) is 4.14. The topological polar surface area (TPSA) is 84.9 Å². The van der Waals surface area contributed by atoms with Gasteiger partial charge in [0.25, 0.3) is 0 Å². The Bertz CT molecular complexity index is 1120. The second-order valence-corrected chi connectivity index (χ2v) is 8.67. The number of hydrogen-bond donors (Lipinski definition) is 2. The molecule has 0 aliphatic carbocycles. The lowest BCUT2D eigenvalue weighted by Crippen LogP contribution is -2.22. The van der Waals surface area contributed by atoms with E-state index in [2.05, 4.69) is 5.32 Å². The first-order valence-electron chi connectivity index (χ1n) is 9.98. The zero-order chi connectivity index (χ0) is 22.1. The molecule has 0 fully saturated rings. The van der Waals surface area contributed by atoms with Crippen LogP contribution >= 0.6 is 11.3 Å². The molecule has 1 aliphatic rings. The van der Waals surface area contributed by atoms with Gasteiger partial charge in [0.1, 0.15) is 16.4 Å². The van der Waals surface area contributed by atoms with Gasteiger partial charge in [0.15, 0.2) is 0 Å². The van der Waals surface area contributed by atoms with Crippen LogP contribution in [0.3, 0.4) is 0 Å². The minimum absolute atomic E-state index is 0.0698. The lowest BCUT2D eigenvalue weighted by Gasteiger charge is -2.24. The van der Waals surface area contributed by atoms with Crippen molar-refractivity contribution in [2.75, 3.05) is 12.4 Å². The quantitative estimate of drug-likeness (QED) is 0.541. The van der Waals surface area contributed by atoms with Crippen LogP contribution in [0, 0.1) is 0 Å². The molecule has 1 atom stereocenters. The van der Waals surface area contributed by atoms with Crippen LogP contribution < -0.4 is 14.8 Å². The molecule has 1 aromatic heterocycles. The Labute approximate surface area is 184 Å². The number of hydrogen-bond acceptors (Lipinski definition) is 5. The van der Waals surface area contributed by atoms with Crippen molar-refractivity contribution in [3.05, 3.63) is 63.8 Å². The largest absolute Gasteiger partial charge is 0.497 e. The number of carbonyl (C=O) groups excluding carboxylic acids is 1. The Balaban J connectivity index is 1.80. The second kappa shape index (κ2) is 8.43. The Hall–Kier alpha value is -3.32. The van der Waals surface area contributed by atoms with Gasteiger partial charge in [-0.3, -0.25) is 4.79 Å². The van der Waals surface area contributed by atoms with E-state index in [1.807, 2.05) is 38.1 Å². The SMILES string of the molecule is COc1ccc(-c2c(C(=O)O)sc3c2NC(=O)C[C@@H]3c2ccc(OC(C)C)cc2)cc1. The Kier molecular flexibility index (Phi) is 5.69. The molecule has 1 aliphatic heterocycles. The zero-order valence-electron chi connectivity index (χ0n) is 17.5. The number of fused-ring (bicyclic) bond motifs is 1. The lowest BCUT2D eigenvalue weighted by molar-refractivity contribution is -0.116. The summed E-state index contributed by atoms with van der Waals surface area (Å²) in [4.78, 5) is 25.7. The molecule has 160 valence electrons. The number of nitrogens with one attached hydrogen (secondary N) is 1. The third-order valence-corrected chi connectivity index (χ3v) is 6.42. The van der Waals surface area contributed by atoms with E-state index in [-0.39, 0.29) is 29.2 Å². The van der Waals surface area contributed by atoms with Crippen molar-refractivity contribution in [1.82, 2.24) is 0 Å². The highest BCUT2D eigenvalue weighted by Crippen LogP contribution is 2.49. The Morgan fingerprint density at radius 3 is 2.32 bits per heavy atom. The van der Waals surface area contributed by atoms with Crippen LogP contribution in [0.4, 0.5) is 5.69 Å². The number of thiophene rings is 1. The van der Waals surface area contributed by atoms with E-state index in [9.17, 15) is 14.7 Å². The number of carbonyl (C=O) groups is 2. The molecule has 2 aromatic carbocycles. The van der Waals surface area contributed by atoms with Crippen molar-refractivity contribution in [3.63, 3.8) is 0 Å². The zero-order valence-corrected chi connectivity index (χ0v) is 18.3. The predicted molar refractivity (Wildman–Crippen MR) is 121 cm³/mol. The summed E-state index contributed by atoms with van der Waals surface area (Å²) in [6, 6.07) is 14.8. The number of benzene rings is 2. The highest BCUT2D eigenvalue weighted by molar-refractivity contribution is 7.15. The summed E-state index contributed by atoms with van der Waals surface area (Å²) in [6.07, 6.45) is 0.333. The molecule has 0 radical (unpaired) electrons. The van der Waals surface area contributed by atoms with Gasteiger partial charge in [-0.25, -0.2) is 4.79 Å². The van der Waals surface area contributed by atoms with Gasteiger partial charge >= 0.3 is 5.97 Å². The first-order valence-corrected chi connectivity index (χ1v) is 10.8. The average molecular weight is 438 g/mol. The van der Waals surface area contributed by atoms with Crippen LogP contribution in [0.1, 0.15) is 46.3 Å². The van der Waals surface area contributed by atoms with Crippen molar-refractivity contribution in [3.8, 4) is 22.6 Å². The Morgan fingerprint density at radius 2 is 1.74 bits per heavy atom. The molecule has 0 spiro atoms. The van der Waals surface area contributed by atoms with E-state index in [1.165, 1.54) is 11.3 Å². The Morgan fingerprint density at radius 1 is 1.10 bits per heavy atom. The van der Waals surface area contributed by atoms with E-state index in [1.54, 1.807) is 31.4 Å². The highest BCUT2D eigenvalue weighted by atomic mass is 32.1. The molecule has 0 unspecified atom stereocenters. The van der Waals surface area contributed by atoms with Crippen LogP contribution in [0.5, 0.6) is 11.5 Å². The molecule has 2 N–H and O–H groups in total. The van der Waals surface area contributed by atoms with Gasteiger partial charge in [-0.2, -0.15) is 0 Å². The number of carboxylic acid groups (broad SMARTS) is 1. The smallest absolute Gasteiger partial charge is 0.346 e. The number of anilines is 1. The number of carboxylic acids is 1. The van der Waals surface area contributed by atoms with Crippen molar-refractivity contribution >= 4 is 28.9 Å². The fraction of sp³-hybridized carbons (Fsp3) is 0.250. The van der Waals surface area contributed by atoms with E-state index in [0.29, 0.717) is 17.0 Å². The molecule has 0 saturated heterocycles. The molecule has 4 rings (SSSR count). The molecule has 7 heteroatoms. The fourth-order valence-electron chi connectivity index (χ4n) is 3.79. The number of methoxy groups -OCH3 is 1. The van der Waals surface area contributed by atoms with E-state index in [0.717, 1.165) is 21.8 Å². The summed E-state index contributed by atoms with van der Waals surface area (Å²) in [5.41, 5.74) is 2.79. The minimum Gasteiger partial charge on any atom is -0.497 e. The summed E-state index contributed by atoms with van der Waals surface area (Å²) < 4.78 is 10.9. The van der Waals surface area contributed by atoms with Gasteiger partial charge in [0, 0.05) is 22.8 Å². The van der Waals surface area contributed by atoms with Gasteiger partial charge in [-0.05, 0) is 49.2 Å². The third-order valence-electron chi connectivity index (χ3n) is 5.13. The molecule has 2 heterocycles. The van der Waals surface area contributed by atoms with Crippen molar-refractivity contribution in [1.29, 1.82) is 0 Å². The summed E-state index contributed by atoms with van der Waals surface area (Å²) in [5, 5.41) is 12.8. The lowest BCUT2D eigenvalue weighted by atomic mass is 9.88. The average Bonchev–Trinajstić information content (AvgIpc) is 3.13. The molecule has 3 aromatic rings. The van der Waals surface area contributed by atoms with E-state index >= 15 is 0 Å². The number of aromatic carboxylic acids is 1. The van der Waals surface area contributed by atoms with Crippen LogP contribution in [0.15, 0.2) is 48.5 Å². The van der Waals surface area contributed by atoms with Gasteiger partial charge in [-0.1, -0.05) is 24.3 Å². The number of ether oxygens (including phenoxy) is 2. The minimum atomic E-state index is -1.01.